The lowest BCUT2D eigenvalue weighted by Crippen LogP contribution is -2.50. The van der Waals surface area contributed by atoms with Gasteiger partial charge in [0.25, 0.3) is 0 Å². The van der Waals surface area contributed by atoms with Crippen LogP contribution in [0.25, 0.3) is 44.4 Å². The Morgan fingerprint density at radius 1 is 0.855 bits per heavy atom. The number of ether oxygens (including phenoxy) is 1. The van der Waals surface area contributed by atoms with Crippen LogP contribution >= 0.6 is 0 Å². The summed E-state index contributed by atoms with van der Waals surface area (Å²) in [4.78, 5) is 70.1. The molecule has 0 bridgehead atoms. The predicted molar refractivity (Wildman–Crippen MR) is 232 cm³/mol. The number of carbonyl (C=O) groups excluding carboxylic acids is 3. The predicted octanol–water partition coefficient (Wildman–Crippen LogP) is 8.08. The van der Waals surface area contributed by atoms with E-state index in [-0.39, 0.29) is 36.7 Å². The van der Waals surface area contributed by atoms with E-state index in [0.29, 0.717) is 30.0 Å². The van der Waals surface area contributed by atoms with Gasteiger partial charge in [-0.2, -0.15) is 5.26 Å². The zero-order valence-corrected chi connectivity index (χ0v) is 34.6. The number of H-pyrrole nitrogens is 2. The lowest BCUT2D eigenvalue weighted by Gasteiger charge is -2.29. The first kappa shape index (κ1) is 41.3. The highest BCUT2D eigenvalue weighted by atomic mass is 16.5. The number of aromatic nitrogens is 4. The van der Waals surface area contributed by atoms with Crippen molar-refractivity contribution in [1.29, 1.82) is 5.26 Å². The Bertz CT molecular complexity index is 2680. The van der Waals surface area contributed by atoms with E-state index in [2.05, 4.69) is 86.3 Å². The largest absolute Gasteiger partial charge is 0.465 e. The van der Waals surface area contributed by atoms with E-state index < -0.39 is 30.2 Å². The number of anilines is 1. The van der Waals surface area contributed by atoms with Crippen LogP contribution in [0.4, 0.5) is 15.3 Å². The monoisotopic (exact) mass is 833 g/mol. The lowest BCUT2D eigenvalue weighted by molar-refractivity contribution is -0.135. The van der Waals surface area contributed by atoms with Crippen molar-refractivity contribution >= 4 is 40.5 Å². The Balaban J connectivity index is 0.938. The molecular weight excluding hydrogens is 787 g/mol. The molecule has 316 valence electrons. The number of hydrogen-bond acceptors (Lipinski definition) is 8. The van der Waals surface area contributed by atoms with Gasteiger partial charge in [-0.1, -0.05) is 80.6 Å². The first-order chi connectivity index (χ1) is 30.0. The van der Waals surface area contributed by atoms with Gasteiger partial charge in [0.05, 0.1) is 61.4 Å². The fourth-order valence-electron chi connectivity index (χ4n) is 8.57. The number of amides is 4. The summed E-state index contributed by atoms with van der Waals surface area (Å²) in [6.07, 6.45) is 3.87. The first-order valence-corrected chi connectivity index (χ1v) is 20.7. The summed E-state index contributed by atoms with van der Waals surface area (Å²) in [6.45, 7) is 4.39. The Morgan fingerprint density at radius 3 is 2.16 bits per heavy atom. The van der Waals surface area contributed by atoms with Gasteiger partial charge in [0.15, 0.2) is 0 Å². The van der Waals surface area contributed by atoms with Gasteiger partial charge in [0, 0.05) is 24.3 Å². The van der Waals surface area contributed by atoms with Crippen molar-refractivity contribution in [3.63, 3.8) is 0 Å². The summed E-state index contributed by atoms with van der Waals surface area (Å²) in [7, 11) is 1.30. The third-order valence-corrected chi connectivity index (χ3v) is 11.8. The average molecular weight is 834 g/mol. The smallest absolute Gasteiger partial charge is 0.411 e. The number of carbonyl (C=O) groups is 4. The van der Waals surface area contributed by atoms with Crippen LogP contribution in [-0.4, -0.2) is 85.1 Å². The molecule has 2 saturated heterocycles. The molecule has 62 heavy (non-hydrogen) atoms. The highest BCUT2D eigenvalue weighted by molar-refractivity contribution is 5.91. The Hall–Kier alpha value is -7.47. The van der Waals surface area contributed by atoms with E-state index in [9.17, 15) is 29.5 Å². The number of nitrogens with zero attached hydrogens (tertiary/aromatic N) is 5. The molecule has 2 aliphatic heterocycles. The van der Waals surface area contributed by atoms with Crippen LogP contribution in [0.5, 0.6) is 0 Å². The molecule has 8 rings (SSSR count). The van der Waals surface area contributed by atoms with Gasteiger partial charge in [-0.25, -0.2) is 19.6 Å². The minimum atomic E-state index is -1.27. The van der Waals surface area contributed by atoms with E-state index in [0.717, 1.165) is 63.1 Å². The second kappa shape index (κ2) is 17.6. The van der Waals surface area contributed by atoms with Crippen molar-refractivity contribution in [2.24, 2.45) is 11.8 Å². The number of rotatable bonds is 11. The maximum absolute atomic E-state index is 13.6. The maximum atomic E-state index is 13.6. The highest BCUT2D eigenvalue weighted by Gasteiger charge is 2.41. The van der Waals surface area contributed by atoms with E-state index >= 15 is 0 Å². The Morgan fingerprint density at radius 2 is 1.48 bits per heavy atom. The molecular formula is C47H47N9O6. The fourth-order valence-corrected chi connectivity index (χ4v) is 8.57. The topological polar surface area (TPSA) is 209 Å². The molecule has 4 atom stereocenters. The van der Waals surface area contributed by atoms with Gasteiger partial charge in [-0.15, -0.1) is 0 Å². The second-order valence-corrected chi connectivity index (χ2v) is 16.2. The molecule has 6 aromatic rings. The van der Waals surface area contributed by atoms with E-state index in [1.165, 1.54) is 7.11 Å². The van der Waals surface area contributed by atoms with E-state index in [1.54, 1.807) is 37.1 Å². The molecule has 5 N–H and O–H groups in total. The number of hydrogen-bond donors (Lipinski definition) is 5. The first-order valence-electron chi connectivity index (χ1n) is 20.7. The molecule has 0 aliphatic carbocycles. The molecule has 4 amide bonds. The number of carboxylic acid groups (broad SMARTS) is 1. The van der Waals surface area contributed by atoms with Crippen molar-refractivity contribution in [2.75, 3.05) is 25.5 Å². The molecule has 0 unspecified atom stereocenters. The minimum Gasteiger partial charge on any atom is -0.465 e. The molecule has 4 heterocycles. The molecule has 0 spiro atoms. The van der Waals surface area contributed by atoms with Gasteiger partial charge in [0.2, 0.25) is 11.8 Å². The molecule has 15 nitrogen and oxygen atoms in total. The lowest BCUT2D eigenvalue weighted by atomic mass is 9.98. The summed E-state index contributed by atoms with van der Waals surface area (Å²) in [5.41, 5.74) is 6.88. The second-order valence-electron chi connectivity index (χ2n) is 16.2. The standard InChI is InChI=1S/C47H47N9O6/c1-27(2)42(54-46(59)60)45(58)56-26-28(23-48)19-40(56)44-50-25-38(52-44)35-17-16-32-20-31(14-15-33(32)21-35)29-10-12-30(13-11-29)37-24-49-43(51-37)39-9-6-18-55(39)41(57)22-34-7-4-5-8-36(34)53-47(61)62-3/h4-5,7-8,10-17,20-21,24-25,27-28,39-40,42,54H,6,9,18-19,22,26H2,1-3H3,(H,49,51)(H,50,52)(H,53,61)(H,59,60)/t28-,39-,40-,42-/m0/s1. The Kier molecular flexibility index (Phi) is 11.7. The normalized spacial score (nSPS) is 17.8. The summed E-state index contributed by atoms with van der Waals surface area (Å²) >= 11 is 0. The van der Waals surface area contributed by atoms with Gasteiger partial charge < -0.3 is 34.9 Å². The maximum Gasteiger partial charge on any atom is 0.411 e. The van der Waals surface area contributed by atoms with Gasteiger partial charge in [-0.3, -0.25) is 14.9 Å². The SMILES string of the molecule is COC(=O)Nc1ccccc1CC(=O)N1CCC[C@H]1c1ncc(-c2ccc(-c3ccc4cc(-c5cnc([C@@H]6C[C@@H](C#N)CN6C(=O)[C@@H](NC(=O)O)C(C)C)[nH]5)ccc4c3)cc2)[nH]1. The van der Waals surface area contributed by atoms with Crippen LogP contribution in [-0.2, 0) is 20.7 Å². The number of para-hydroxylation sites is 1. The Labute approximate surface area is 358 Å². The zero-order chi connectivity index (χ0) is 43.5. The van der Waals surface area contributed by atoms with Crippen LogP contribution in [0, 0.1) is 23.2 Å². The number of aromatic amines is 2. The summed E-state index contributed by atoms with van der Waals surface area (Å²) in [5.74, 6) is 0.204. The molecule has 2 aliphatic rings. The van der Waals surface area contributed by atoms with Gasteiger partial charge in [0.1, 0.15) is 17.7 Å². The van der Waals surface area contributed by atoms with Gasteiger partial charge >= 0.3 is 12.2 Å². The number of methoxy groups -OCH3 is 1. The van der Waals surface area contributed by atoms with Crippen molar-refractivity contribution in [3.05, 3.63) is 115 Å². The minimum absolute atomic E-state index is 0.0399. The van der Waals surface area contributed by atoms with Crippen LogP contribution < -0.4 is 10.6 Å². The number of likely N-dealkylation sites (tertiary alicyclic amines) is 2. The average Bonchev–Trinajstić information content (AvgIpc) is 4.12. The van der Waals surface area contributed by atoms with Crippen LogP contribution in [0.1, 0.15) is 62.4 Å². The van der Waals surface area contributed by atoms with Crippen molar-refractivity contribution in [2.45, 2.75) is 57.7 Å². The molecule has 0 radical (unpaired) electrons. The molecule has 4 aromatic carbocycles. The molecule has 15 heteroatoms. The number of fused-ring (bicyclic) bond motifs is 1. The summed E-state index contributed by atoms with van der Waals surface area (Å²) in [5, 5.41) is 26.2. The molecule has 2 aromatic heterocycles. The van der Waals surface area contributed by atoms with E-state index in [4.69, 9.17) is 9.72 Å². The molecule has 2 fully saturated rings. The quantitative estimate of drug-likeness (QED) is 0.0853. The highest BCUT2D eigenvalue weighted by Crippen LogP contribution is 2.37. The van der Waals surface area contributed by atoms with Crippen LogP contribution in [0.15, 0.2) is 97.3 Å². The van der Waals surface area contributed by atoms with Crippen molar-refractivity contribution in [1.82, 2.24) is 35.1 Å². The summed E-state index contributed by atoms with van der Waals surface area (Å²) < 4.78 is 4.74. The fraction of sp³-hybridized carbons (Fsp3) is 0.298. The van der Waals surface area contributed by atoms with Crippen LogP contribution in [0.2, 0.25) is 0 Å². The molecule has 0 saturated carbocycles. The number of nitrogens with one attached hydrogen (secondary N) is 4. The number of nitriles is 1. The van der Waals surface area contributed by atoms with Crippen molar-refractivity contribution < 1.29 is 29.0 Å². The van der Waals surface area contributed by atoms with Crippen LogP contribution in [0.3, 0.4) is 0 Å². The summed E-state index contributed by atoms with van der Waals surface area (Å²) in [6, 6.07) is 28.6. The number of benzene rings is 4. The third kappa shape index (κ3) is 8.58. The van der Waals surface area contributed by atoms with Gasteiger partial charge in [-0.05, 0) is 76.4 Å². The number of imidazole rings is 2. The zero-order valence-electron chi connectivity index (χ0n) is 34.6. The van der Waals surface area contributed by atoms with E-state index in [1.807, 2.05) is 29.3 Å². The van der Waals surface area contributed by atoms with Crippen molar-refractivity contribution in [3.8, 4) is 39.7 Å². The third-order valence-electron chi connectivity index (χ3n) is 11.8.